The Hall–Kier alpha value is -1.29. The second-order valence-corrected chi connectivity index (χ2v) is 3.72. The average Bonchev–Trinajstić information content (AvgIpc) is 2.30. The van der Waals surface area contributed by atoms with Gasteiger partial charge in [-0.25, -0.2) is 4.98 Å². The number of aromatic nitrogens is 1. The van der Waals surface area contributed by atoms with Crippen LogP contribution in [0.5, 0.6) is 0 Å². The number of anilines is 1. The minimum Gasteiger partial charge on any atom is -0.361 e. The lowest BCUT2D eigenvalue weighted by Gasteiger charge is -2.18. The first kappa shape index (κ1) is 12.8. The summed E-state index contributed by atoms with van der Waals surface area (Å²) in [6, 6.07) is 3.48. The van der Waals surface area contributed by atoms with Crippen molar-refractivity contribution in [1.82, 2.24) is 9.88 Å². The van der Waals surface area contributed by atoms with E-state index in [0.717, 1.165) is 13.1 Å². The van der Waals surface area contributed by atoms with Gasteiger partial charge >= 0.3 is 0 Å². The van der Waals surface area contributed by atoms with E-state index in [4.69, 9.17) is 11.6 Å². The molecule has 0 fully saturated rings. The zero-order chi connectivity index (χ0) is 12.0. The van der Waals surface area contributed by atoms with Gasteiger partial charge in [0.05, 0.1) is 11.6 Å². The maximum Gasteiger partial charge on any atom is 0.241 e. The van der Waals surface area contributed by atoms with E-state index in [9.17, 15) is 4.79 Å². The molecule has 88 valence electrons. The number of halogens is 1. The summed E-state index contributed by atoms with van der Waals surface area (Å²) in [4.78, 5) is 17.5. The minimum atomic E-state index is 0.0711. The molecule has 0 aliphatic heterocycles. The third-order valence-electron chi connectivity index (χ3n) is 2.26. The van der Waals surface area contributed by atoms with Crippen molar-refractivity contribution >= 4 is 23.3 Å². The number of likely N-dealkylation sites (N-methyl/N-ethyl adjacent to an activating group) is 1. The van der Waals surface area contributed by atoms with E-state index < -0.39 is 0 Å². The molecular weight excluding hydrogens is 226 g/mol. The first-order valence-corrected chi connectivity index (χ1v) is 5.68. The molecule has 0 aliphatic rings. The first-order valence-electron chi connectivity index (χ1n) is 5.30. The normalized spacial score (nSPS) is 9.94. The fraction of sp³-hybridized carbons (Fsp3) is 0.455. The molecule has 0 saturated carbocycles. The van der Waals surface area contributed by atoms with Crippen molar-refractivity contribution in [1.29, 1.82) is 0 Å². The van der Waals surface area contributed by atoms with Crippen LogP contribution < -0.4 is 5.32 Å². The molecule has 1 heterocycles. The van der Waals surface area contributed by atoms with Crippen LogP contribution in [0.2, 0.25) is 5.02 Å². The van der Waals surface area contributed by atoms with Crippen LogP contribution in [0.3, 0.4) is 0 Å². The van der Waals surface area contributed by atoms with Gasteiger partial charge in [0.1, 0.15) is 5.82 Å². The molecule has 1 rings (SSSR count). The van der Waals surface area contributed by atoms with Crippen LogP contribution in [0.1, 0.15) is 13.8 Å². The minimum absolute atomic E-state index is 0.0711. The molecule has 16 heavy (non-hydrogen) atoms. The Bertz CT molecular complexity index is 336. The second kappa shape index (κ2) is 6.33. The van der Waals surface area contributed by atoms with Crippen molar-refractivity contribution in [3.63, 3.8) is 0 Å². The van der Waals surface area contributed by atoms with Crippen molar-refractivity contribution in [2.75, 3.05) is 25.0 Å². The van der Waals surface area contributed by atoms with Crippen LogP contribution in [0.4, 0.5) is 5.82 Å². The quantitative estimate of drug-likeness (QED) is 0.858. The van der Waals surface area contributed by atoms with E-state index in [-0.39, 0.29) is 12.5 Å². The largest absolute Gasteiger partial charge is 0.361 e. The number of carbonyl (C=O) groups excluding carboxylic acids is 1. The molecule has 0 aromatic carbocycles. The van der Waals surface area contributed by atoms with Crippen LogP contribution in [0.25, 0.3) is 0 Å². The van der Waals surface area contributed by atoms with Crippen LogP contribution in [0, 0.1) is 0 Å². The molecular formula is C11H16ClN3O. The van der Waals surface area contributed by atoms with E-state index in [1.165, 1.54) is 0 Å². The van der Waals surface area contributed by atoms with Gasteiger partial charge in [0.2, 0.25) is 5.91 Å². The zero-order valence-electron chi connectivity index (χ0n) is 9.53. The number of nitrogens with one attached hydrogen (secondary N) is 1. The number of nitrogens with zero attached hydrogens (tertiary/aromatic N) is 2. The Morgan fingerprint density at radius 1 is 1.44 bits per heavy atom. The standard InChI is InChI=1S/C11H16ClN3O/c1-3-15(4-2)11(16)8-14-10-6-5-9(12)7-13-10/h5-7H,3-4,8H2,1-2H3,(H,13,14). The fourth-order valence-corrected chi connectivity index (χ4v) is 1.45. The summed E-state index contributed by atoms with van der Waals surface area (Å²) >= 11 is 5.70. The molecule has 0 radical (unpaired) electrons. The van der Waals surface area contributed by atoms with E-state index in [1.807, 2.05) is 13.8 Å². The summed E-state index contributed by atoms with van der Waals surface area (Å²) in [7, 11) is 0. The topological polar surface area (TPSA) is 45.2 Å². The smallest absolute Gasteiger partial charge is 0.241 e. The van der Waals surface area contributed by atoms with Gasteiger partial charge in [-0.05, 0) is 26.0 Å². The first-order chi connectivity index (χ1) is 7.67. The van der Waals surface area contributed by atoms with Gasteiger partial charge in [0.25, 0.3) is 0 Å². The number of hydrogen-bond donors (Lipinski definition) is 1. The van der Waals surface area contributed by atoms with Gasteiger partial charge < -0.3 is 10.2 Å². The van der Waals surface area contributed by atoms with Crippen LogP contribution in [0.15, 0.2) is 18.3 Å². The van der Waals surface area contributed by atoms with Gasteiger partial charge in [-0.1, -0.05) is 11.6 Å². The molecule has 1 amide bonds. The zero-order valence-corrected chi connectivity index (χ0v) is 10.3. The van der Waals surface area contributed by atoms with E-state index in [1.54, 1.807) is 23.2 Å². The maximum atomic E-state index is 11.7. The van der Waals surface area contributed by atoms with E-state index in [0.29, 0.717) is 10.8 Å². The molecule has 0 spiro atoms. The number of rotatable bonds is 5. The summed E-state index contributed by atoms with van der Waals surface area (Å²) < 4.78 is 0. The predicted molar refractivity (Wildman–Crippen MR) is 65.7 cm³/mol. The molecule has 0 saturated heterocycles. The summed E-state index contributed by atoms with van der Waals surface area (Å²) in [5.74, 6) is 0.728. The van der Waals surface area contributed by atoms with E-state index >= 15 is 0 Å². The summed E-state index contributed by atoms with van der Waals surface area (Å²) in [6.45, 7) is 5.64. The monoisotopic (exact) mass is 241 g/mol. The van der Waals surface area contributed by atoms with Gasteiger partial charge in [0.15, 0.2) is 0 Å². The van der Waals surface area contributed by atoms with Crippen LogP contribution in [-0.2, 0) is 4.79 Å². The highest BCUT2D eigenvalue weighted by atomic mass is 35.5. The van der Waals surface area contributed by atoms with Crippen molar-refractivity contribution in [3.8, 4) is 0 Å². The predicted octanol–water partition coefficient (Wildman–Crippen LogP) is 2.02. The average molecular weight is 242 g/mol. The van der Waals surface area contributed by atoms with Crippen molar-refractivity contribution in [3.05, 3.63) is 23.4 Å². The van der Waals surface area contributed by atoms with Crippen molar-refractivity contribution in [2.24, 2.45) is 0 Å². The maximum absolute atomic E-state index is 11.7. The molecule has 1 N–H and O–H groups in total. The van der Waals surface area contributed by atoms with Crippen molar-refractivity contribution < 1.29 is 4.79 Å². The Morgan fingerprint density at radius 3 is 2.62 bits per heavy atom. The lowest BCUT2D eigenvalue weighted by atomic mass is 10.4. The number of amides is 1. The van der Waals surface area contributed by atoms with Gasteiger partial charge in [-0.2, -0.15) is 0 Å². The molecule has 0 atom stereocenters. The molecule has 4 nitrogen and oxygen atoms in total. The molecule has 0 aliphatic carbocycles. The summed E-state index contributed by atoms with van der Waals surface area (Å²) in [6.07, 6.45) is 1.55. The Labute approximate surface area is 101 Å². The number of carbonyl (C=O) groups is 1. The SMILES string of the molecule is CCN(CC)C(=O)CNc1ccc(Cl)cn1. The molecule has 0 bridgehead atoms. The highest BCUT2D eigenvalue weighted by Crippen LogP contribution is 2.09. The molecule has 1 aromatic heterocycles. The highest BCUT2D eigenvalue weighted by Gasteiger charge is 2.08. The molecule has 5 heteroatoms. The Morgan fingerprint density at radius 2 is 2.12 bits per heavy atom. The lowest BCUT2D eigenvalue weighted by Crippen LogP contribution is -2.35. The van der Waals surface area contributed by atoms with Gasteiger partial charge in [-0.3, -0.25) is 4.79 Å². The Balaban J connectivity index is 2.45. The molecule has 1 aromatic rings. The lowest BCUT2D eigenvalue weighted by molar-refractivity contribution is -0.128. The summed E-state index contributed by atoms with van der Waals surface area (Å²) in [5.41, 5.74) is 0. The van der Waals surface area contributed by atoms with Gasteiger partial charge in [-0.15, -0.1) is 0 Å². The van der Waals surface area contributed by atoms with Crippen LogP contribution in [-0.4, -0.2) is 35.4 Å². The molecule has 0 unspecified atom stereocenters. The van der Waals surface area contributed by atoms with Gasteiger partial charge in [0, 0.05) is 19.3 Å². The number of pyridine rings is 1. The Kier molecular flexibility index (Phi) is 5.05. The fourth-order valence-electron chi connectivity index (χ4n) is 1.33. The summed E-state index contributed by atoms with van der Waals surface area (Å²) in [5, 5.41) is 3.54. The third kappa shape index (κ3) is 3.70. The van der Waals surface area contributed by atoms with E-state index in [2.05, 4.69) is 10.3 Å². The number of hydrogen-bond acceptors (Lipinski definition) is 3. The van der Waals surface area contributed by atoms with Crippen molar-refractivity contribution in [2.45, 2.75) is 13.8 Å². The second-order valence-electron chi connectivity index (χ2n) is 3.28. The third-order valence-corrected chi connectivity index (χ3v) is 2.49. The van der Waals surface area contributed by atoms with Crippen LogP contribution >= 0.6 is 11.6 Å². The highest BCUT2D eigenvalue weighted by molar-refractivity contribution is 6.30.